The molecule has 0 aliphatic rings. The monoisotopic (exact) mass is 427 g/mol. The van der Waals surface area contributed by atoms with Crippen LogP contribution < -0.4 is 5.32 Å². The summed E-state index contributed by atoms with van der Waals surface area (Å²) in [6.07, 6.45) is 0. The molecule has 1 rings (SSSR count). The van der Waals surface area contributed by atoms with Gasteiger partial charge in [0.15, 0.2) is 0 Å². The molecule has 0 heterocycles. The number of halogens is 2. The van der Waals surface area contributed by atoms with Crippen molar-refractivity contribution in [2.45, 2.75) is 6.92 Å². The average Bonchev–Trinajstić information content (AvgIpc) is 2.33. The van der Waals surface area contributed by atoms with Crippen LogP contribution >= 0.6 is 38.5 Å². The molecular formula is C12H15BrINO3. The van der Waals surface area contributed by atoms with E-state index in [1.54, 1.807) is 6.92 Å². The summed E-state index contributed by atoms with van der Waals surface area (Å²) >= 11 is 5.68. The molecule has 0 fully saturated rings. The van der Waals surface area contributed by atoms with E-state index < -0.39 is 0 Å². The smallest absolute Gasteiger partial charge is 0.332 e. The van der Waals surface area contributed by atoms with Crippen molar-refractivity contribution in [2.75, 3.05) is 31.7 Å². The third-order valence-corrected chi connectivity index (χ3v) is 3.45. The molecule has 0 radical (unpaired) electrons. The fourth-order valence-corrected chi connectivity index (χ4v) is 2.14. The summed E-state index contributed by atoms with van der Waals surface area (Å²) in [5.74, 6) is -0.325. The Bertz CT molecular complexity index is 401. The second kappa shape index (κ2) is 8.71. The molecule has 0 amide bonds. The molecule has 0 atom stereocenters. The van der Waals surface area contributed by atoms with Crippen molar-refractivity contribution in [3.63, 3.8) is 0 Å². The number of carbonyl (C=O) groups excluding carboxylic acids is 1. The first-order chi connectivity index (χ1) is 8.63. The highest BCUT2D eigenvalue weighted by Gasteiger charge is 2.02. The maximum Gasteiger partial charge on any atom is 0.332 e. The number of nitrogens with one attached hydrogen (secondary N) is 1. The standard InChI is InChI=1S/C12H15BrINO3/c1-2-18-12(16)8-17-6-5-15-11-7-9(13)3-4-10(11)14/h3-4,7,15H,2,5-6,8H2,1H3. The van der Waals surface area contributed by atoms with Gasteiger partial charge in [-0.1, -0.05) is 15.9 Å². The number of anilines is 1. The van der Waals surface area contributed by atoms with Crippen LogP contribution in [0.5, 0.6) is 0 Å². The molecule has 0 aromatic heterocycles. The lowest BCUT2D eigenvalue weighted by Gasteiger charge is -2.09. The molecule has 0 aliphatic heterocycles. The molecule has 1 N–H and O–H groups in total. The van der Waals surface area contributed by atoms with Crippen LogP contribution in [-0.2, 0) is 14.3 Å². The second-order valence-electron chi connectivity index (χ2n) is 3.41. The minimum atomic E-state index is -0.325. The zero-order chi connectivity index (χ0) is 13.4. The molecular weight excluding hydrogens is 413 g/mol. The van der Waals surface area contributed by atoms with Crippen LogP contribution in [0.15, 0.2) is 22.7 Å². The minimum absolute atomic E-state index is 0.00506. The first-order valence-corrected chi connectivity index (χ1v) is 7.43. The highest BCUT2D eigenvalue weighted by Crippen LogP contribution is 2.22. The van der Waals surface area contributed by atoms with Crippen molar-refractivity contribution in [1.29, 1.82) is 0 Å². The maximum atomic E-state index is 11.0. The van der Waals surface area contributed by atoms with Gasteiger partial charge < -0.3 is 14.8 Å². The van der Waals surface area contributed by atoms with E-state index in [4.69, 9.17) is 9.47 Å². The normalized spacial score (nSPS) is 10.2. The summed E-state index contributed by atoms with van der Waals surface area (Å²) < 4.78 is 12.1. The largest absolute Gasteiger partial charge is 0.464 e. The topological polar surface area (TPSA) is 47.6 Å². The number of hydrogen-bond donors (Lipinski definition) is 1. The van der Waals surface area contributed by atoms with E-state index in [2.05, 4.69) is 43.8 Å². The van der Waals surface area contributed by atoms with Crippen molar-refractivity contribution >= 4 is 50.2 Å². The Morgan fingerprint density at radius 2 is 2.28 bits per heavy atom. The molecule has 0 saturated carbocycles. The number of rotatable bonds is 7. The summed E-state index contributed by atoms with van der Waals surface area (Å²) in [5.41, 5.74) is 1.05. The number of benzene rings is 1. The molecule has 4 nitrogen and oxygen atoms in total. The number of hydrogen-bond acceptors (Lipinski definition) is 4. The predicted molar refractivity (Wildman–Crippen MR) is 82.8 cm³/mol. The molecule has 0 aliphatic carbocycles. The Morgan fingerprint density at radius 3 is 3.00 bits per heavy atom. The zero-order valence-electron chi connectivity index (χ0n) is 10.0. The van der Waals surface area contributed by atoms with Gasteiger partial charge in [-0.25, -0.2) is 4.79 Å². The van der Waals surface area contributed by atoms with Crippen LogP contribution in [0.3, 0.4) is 0 Å². The summed E-state index contributed by atoms with van der Waals surface area (Å²) in [6.45, 7) is 3.27. The van der Waals surface area contributed by atoms with Crippen LogP contribution in [0.1, 0.15) is 6.92 Å². The van der Waals surface area contributed by atoms with Gasteiger partial charge in [-0.05, 0) is 47.7 Å². The Hall–Kier alpha value is -0.340. The summed E-state index contributed by atoms with van der Waals surface area (Å²) in [5, 5.41) is 3.24. The fraction of sp³-hybridized carbons (Fsp3) is 0.417. The van der Waals surface area contributed by atoms with E-state index >= 15 is 0 Å². The minimum Gasteiger partial charge on any atom is -0.464 e. The lowest BCUT2D eigenvalue weighted by Crippen LogP contribution is -2.16. The molecule has 100 valence electrons. The van der Waals surface area contributed by atoms with E-state index in [1.165, 1.54) is 0 Å². The molecule has 0 bridgehead atoms. The van der Waals surface area contributed by atoms with Crippen molar-refractivity contribution in [3.05, 3.63) is 26.2 Å². The van der Waals surface area contributed by atoms with E-state index in [0.717, 1.165) is 13.7 Å². The van der Waals surface area contributed by atoms with Gasteiger partial charge in [-0.15, -0.1) is 0 Å². The number of carbonyl (C=O) groups is 1. The Morgan fingerprint density at radius 1 is 1.50 bits per heavy atom. The van der Waals surface area contributed by atoms with Gasteiger partial charge in [0.05, 0.1) is 13.2 Å². The SMILES string of the molecule is CCOC(=O)COCCNc1cc(Br)ccc1I. The number of esters is 1. The summed E-state index contributed by atoms with van der Waals surface area (Å²) in [4.78, 5) is 11.0. The van der Waals surface area contributed by atoms with Crippen molar-refractivity contribution in [3.8, 4) is 0 Å². The third-order valence-electron chi connectivity index (χ3n) is 2.02. The molecule has 18 heavy (non-hydrogen) atoms. The molecule has 1 aromatic carbocycles. The van der Waals surface area contributed by atoms with Gasteiger partial charge in [0.1, 0.15) is 6.61 Å². The van der Waals surface area contributed by atoms with Crippen LogP contribution in [-0.4, -0.2) is 32.3 Å². The first kappa shape index (κ1) is 15.7. The maximum absolute atomic E-state index is 11.0. The quantitative estimate of drug-likeness (QED) is 0.412. The second-order valence-corrected chi connectivity index (χ2v) is 5.49. The van der Waals surface area contributed by atoms with E-state index in [-0.39, 0.29) is 12.6 Å². The summed E-state index contributed by atoms with van der Waals surface area (Å²) in [7, 11) is 0. The van der Waals surface area contributed by atoms with Crippen molar-refractivity contribution in [1.82, 2.24) is 0 Å². The Labute approximate surface area is 129 Å². The Balaban J connectivity index is 2.21. The van der Waals surface area contributed by atoms with Crippen LogP contribution in [0, 0.1) is 3.57 Å². The molecule has 0 unspecified atom stereocenters. The molecule has 6 heteroatoms. The highest BCUT2D eigenvalue weighted by atomic mass is 127. The average molecular weight is 428 g/mol. The van der Waals surface area contributed by atoms with Gasteiger partial charge in [0, 0.05) is 20.3 Å². The van der Waals surface area contributed by atoms with Crippen molar-refractivity contribution < 1.29 is 14.3 Å². The van der Waals surface area contributed by atoms with E-state index in [1.807, 2.05) is 18.2 Å². The summed E-state index contributed by atoms with van der Waals surface area (Å²) in [6, 6.07) is 6.02. The fourth-order valence-electron chi connectivity index (χ4n) is 1.25. The van der Waals surface area contributed by atoms with E-state index in [9.17, 15) is 4.79 Å². The van der Waals surface area contributed by atoms with Gasteiger partial charge >= 0.3 is 5.97 Å². The highest BCUT2D eigenvalue weighted by molar-refractivity contribution is 14.1. The van der Waals surface area contributed by atoms with Crippen LogP contribution in [0.2, 0.25) is 0 Å². The van der Waals surface area contributed by atoms with Crippen LogP contribution in [0.25, 0.3) is 0 Å². The predicted octanol–water partition coefficient (Wildman–Crippen LogP) is 3.05. The number of ether oxygens (including phenoxy) is 2. The first-order valence-electron chi connectivity index (χ1n) is 5.55. The van der Waals surface area contributed by atoms with E-state index in [0.29, 0.717) is 19.8 Å². The Kier molecular flexibility index (Phi) is 7.60. The lowest BCUT2D eigenvalue weighted by molar-refractivity contribution is -0.148. The third kappa shape index (κ3) is 6.01. The van der Waals surface area contributed by atoms with Gasteiger partial charge in [0.25, 0.3) is 0 Å². The van der Waals surface area contributed by atoms with Gasteiger partial charge in [-0.2, -0.15) is 0 Å². The van der Waals surface area contributed by atoms with Gasteiger partial charge in [0.2, 0.25) is 0 Å². The molecule has 1 aromatic rings. The van der Waals surface area contributed by atoms with Crippen LogP contribution in [0.4, 0.5) is 5.69 Å². The lowest BCUT2D eigenvalue weighted by atomic mass is 10.3. The zero-order valence-corrected chi connectivity index (χ0v) is 13.8. The van der Waals surface area contributed by atoms with Gasteiger partial charge in [-0.3, -0.25) is 0 Å². The molecule has 0 saturated heterocycles. The molecule has 0 spiro atoms. The van der Waals surface area contributed by atoms with Crippen molar-refractivity contribution in [2.24, 2.45) is 0 Å².